The van der Waals surface area contributed by atoms with E-state index < -0.39 is 0 Å². The first-order valence-electron chi connectivity index (χ1n) is 7.73. The molecular weight excluding hydrogens is 302 g/mol. The van der Waals surface area contributed by atoms with Crippen molar-refractivity contribution < 1.29 is 14.3 Å². The predicted molar refractivity (Wildman–Crippen MR) is 87.2 cm³/mol. The number of aliphatic hydroxyl groups is 1. The molecule has 120 valence electrons. The van der Waals surface area contributed by atoms with Gasteiger partial charge in [-0.05, 0) is 44.0 Å². The molecule has 1 aliphatic rings. The van der Waals surface area contributed by atoms with Crippen LogP contribution in [-0.4, -0.2) is 31.5 Å². The molecule has 22 heavy (non-hydrogen) atoms. The summed E-state index contributed by atoms with van der Waals surface area (Å²) >= 11 is 6.01. The third-order valence-electron chi connectivity index (χ3n) is 4.53. The number of aliphatic hydroxyl groups excluding tert-OH is 1. The Morgan fingerprint density at radius 3 is 3.00 bits per heavy atom. The summed E-state index contributed by atoms with van der Waals surface area (Å²) in [4.78, 5) is 0. The zero-order valence-corrected chi connectivity index (χ0v) is 13.5. The quantitative estimate of drug-likeness (QED) is 0.854. The fraction of sp³-hybridized carbons (Fsp3) is 0.529. The third-order valence-corrected chi connectivity index (χ3v) is 4.77. The molecule has 3 rings (SSSR count). The smallest absolute Gasteiger partial charge is 0.134 e. The lowest BCUT2D eigenvalue weighted by Crippen LogP contribution is -2.36. The van der Waals surface area contributed by atoms with Crippen molar-refractivity contribution in [2.75, 3.05) is 26.4 Å². The maximum atomic E-state index is 9.28. The monoisotopic (exact) mass is 323 g/mol. The van der Waals surface area contributed by atoms with Gasteiger partial charge in [-0.15, -0.1) is 0 Å². The first kappa shape index (κ1) is 15.8. The maximum Gasteiger partial charge on any atom is 0.134 e. The molecule has 5 heteroatoms. The number of hydrogen-bond acceptors (Lipinski definition) is 4. The fourth-order valence-electron chi connectivity index (χ4n) is 3.03. The van der Waals surface area contributed by atoms with Gasteiger partial charge in [0.1, 0.15) is 11.3 Å². The van der Waals surface area contributed by atoms with E-state index in [9.17, 15) is 5.11 Å². The number of nitrogens with one attached hydrogen (secondary N) is 1. The number of hydrogen-bond donors (Lipinski definition) is 2. The van der Waals surface area contributed by atoms with E-state index in [1.54, 1.807) is 0 Å². The van der Waals surface area contributed by atoms with Crippen LogP contribution in [0.5, 0.6) is 0 Å². The standard InChI is InChI=1S/C17H22ClNO3/c1-12(19-10-17(4-6-20)5-7-21-11-17)16-9-13-8-14(18)2-3-15(13)22-16/h2-3,8-9,12,19-20H,4-7,10-11H2,1H3/t12-,17-/m1/s1. The Kier molecular flexibility index (Phi) is 4.73. The zero-order valence-electron chi connectivity index (χ0n) is 12.8. The summed E-state index contributed by atoms with van der Waals surface area (Å²) in [6.07, 6.45) is 1.76. The molecule has 0 amide bonds. The minimum Gasteiger partial charge on any atom is -0.459 e. The van der Waals surface area contributed by atoms with Crippen molar-refractivity contribution in [2.45, 2.75) is 25.8 Å². The summed E-state index contributed by atoms with van der Waals surface area (Å²) in [5.41, 5.74) is 0.889. The van der Waals surface area contributed by atoms with Crippen molar-refractivity contribution in [3.05, 3.63) is 35.0 Å². The van der Waals surface area contributed by atoms with Gasteiger partial charge >= 0.3 is 0 Å². The molecule has 2 N–H and O–H groups in total. The van der Waals surface area contributed by atoms with Gasteiger partial charge in [-0.25, -0.2) is 0 Å². The average molecular weight is 324 g/mol. The fourth-order valence-corrected chi connectivity index (χ4v) is 3.21. The molecule has 2 heterocycles. The molecule has 0 unspecified atom stereocenters. The lowest BCUT2D eigenvalue weighted by molar-refractivity contribution is 0.122. The molecule has 0 bridgehead atoms. The highest BCUT2D eigenvalue weighted by Gasteiger charge is 2.34. The lowest BCUT2D eigenvalue weighted by Gasteiger charge is -2.28. The zero-order chi connectivity index (χ0) is 15.6. The van der Waals surface area contributed by atoms with E-state index in [1.807, 2.05) is 24.3 Å². The molecule has 0 saturated carbocycles. The van der Waals surface area contributed by atoms with Gasteiger partial charge in [0.2, 0.25) is 0 Å². The van der Waals surface area contributed by atoms with Gasteiger partial charge in [0, 0.05) is 35.6 Å². The number of benzene rings is 1. The second kappa shape index (κ2) is 6.59. The van der Waals surface area contributed by atoms with E-state index in [2.05, 4.69) is 12.2 Å². The van der Waals surface area contributed by atoms with Crippen LogP contribution in [0.15, 0.2) is 28.7 Å². The Hall–Kier alpha value is -1.07. The average Bonchev–Trinajstić information content (AvgIpc) is 3.12. The van der Waals surface area contributed by atoms with E-state index in [1.165, 1.54) is 0 Å². The third kappa shape index (κ3) is 3.30. The highest BCUT2D eigenvalue weighted by molar-refractivity contribution is 6.31. The summed E-state index contributed by atoms with van der Waals surface area (Å²) in [5.74, 6) is 0.898. The van der Waals surface area contributed by atoms with Crippen LogP contribution in [0.2, 0.25) is 5.02 Å². The first-order chi connectivity index (χ1) is 10.6. The van der Waals surface area contributed by atoms with Gasteiger partial charge in [-0.2, -0.15) is 0 Å². The number of halogens is 1. The van der Waals surface area contributed by atoms with Gasteiger partial charge in [-0.3, -0.25) is 0 Å². The number of furan rings is 1. The van der Waals surface area contributed by atoms with Crippen molar-refractivity contribution in [2.24, 2.45) is 5.41 Å². The normalized spacial score (nSPS) is 23.2. The maximum absolute atomic E-state index is 9.28. The molecule has 1 fully saturated rings. The van der Waals surface area contributed by atoms with E-state index in [-0.39, 0.29) is 18.1 Å². The van der Waals surface area contributed by atoms with Gasteiger partial charge in [0.15, 0.2) is 0 Å². The van der Waals surface area contributed by atoms with E-state index in [4.69, 9.17) is 20.8 Å². The Labute approximate surface area is 135 Å². The largest absolute Gasteiger partial charge is 0.459 e. The summed E-state index contributed by atoms with van der Waals surface area (Å²) in [5, 5.41) is 14.5. The van der Waals surface area contributed by atoms with Crippen molar-refractivity contribution in [3.63, 3.8) is 0 Å². The molecule has 0 spiro atoms. The molecule has 0 radical (unpaired) electrons. The van der Waals surface area contributed by atoms with Crippen LogP contribution in [0.3, 0.4) is 0 Å². The molecule has 0 aliphatic carbocycles. The van der Waals surface area contributed by atoms with E-state index in [0.29, 0.717) is 11.6 Å². The van der Waals surface area contributed by atoms with Crippen LogP contribution in [0.1, 0.15) is 31.6 Å². The molecule has 1 aliphatic heterocycles. The van der Waals surface area contributed by atoms with Crippen LogP contribution in [0, 0.1) is 5.41 Å². The van der Waals surface area contributed by atoms with Crippen LogP contribution in [0.25, 0.3) is 11.0 Å². The topological polar surface area (TPSA) is 54.6 Å². The summed E-state index contributed by atoms with van der Waals surface area (Å²) in [6.45, 7) is 4.58. The molecule has 4 nitrogen and oxygen atoms in total. The van der Waals surface area contributed by atoms with E-state index >= 15 is 0 Å². The number of rotatable bonds is 6. The highest BCUT2D eigenvalue weighted by atomic mass is 35.5. The van der Waals surface area contributed by atoms with Crippen molar-refractivity contribution in [1.29, 1.82) is 0 Å². The minimum absolute atomic E-state index is 0.0400. The highest BCUT2D eigenvalue weighted by Crippen LogP contribution is 2.33. The van der Waals surface area contributed by atoms with Gasteiger partial charge in [0.25, 0.3) is 0 Å². The number of ether oxygens (including phenoxy) is 1. The number of fused-ring (bicyclic) bond motifs is 1. The van der Waals surface area contributed by atoms with Gasteiger partial charge < -0.3 is 19.6 Å². The molecule has 1 saturated heterocycles. The summed E-state index contributed by atoms with van der Waals surface area (Å²) in [6, 6.07) is 7.77. The molecule has 1 aromatic carbocycles. The Bertz CT molecular complexity index is 634. The second-order valence-corrected chi connectivity index (χ2v) is 6.65. The summed E-state index contributed by atoms with van der Waals surface area (Å²) in [7, 11) is 0. The summed E-state index contributed by atoms with van der Waals surface area (Å²) < 4.78 is 11.4. The first-order valence-corrected chi connectivity index (χ1v) is 8.11. The van der Waals surface area contributed by atoms with E-state index in [0.717, 1.165) is 42.7 Å². The van der Waals surface area contributed by atoms with Crippen molar-refractivity contribution >= 4 is 22.6 Å². The Morgan fingerprint density at radius 2 is 2.27 bits per heavy atom. The second-order valence-electron chi connectivity index (χ2n) is 6.21. The molecule has 1 aromatic heterocycles. The van der Waals surface area contributed by atoms with Crippen LogP contribution < -0.4 is 5.32 Å². The Balaban J connectivity index is 1.68. The van der Waals surface area contributed by atoms with Gasteiger partial charge in [-0.1, -0.05) is 11.6 Å². The predicted octanol–water partition coefficient (Wildman–Crippen LogP) is 3.53. The van der Waals surface area contributed by atoms with Crippen LogP contribution in [-0.2, 0) is 4.74 Å². The molecular formula is C17H22ClNO3. The van der Waals surface area contributed by atoms with Crippen molar-refractivity contribution in [1.82, 2.24) is 5.32 Å². The SMILES string of the molecule is C[C@@H](NC[C@@]1(CCO)CCOC1)c1cc2cc(Cl)ccc2o1. The van der Waals surface area contributed by atoms with Gasteiger partial charge in [0.05, 0.1) is 12.6 Å². The minimum atomic E-state index is 0.0400. The van der Waals surface area contributed by atoms with Crippen molar-refractivity contribution in [3.8, 4) is 0 Å². The van der Waals surface area contributed by atoms with Crippen LogP contribution >= 0.6 is 11.6 Å². The van der Waals surface area contributed by atoms with Crippen LogP contribution in [0.4, 0.5) is 0 Å². The Morgan fingerprint density at radius 1 is 1.41 bits per heavy atom. The molecule has 2 aromatic rings. The molecule has 2 atom stereocenters. The lowest BCUT2D eigenvalue weighted by atomic mass is 9.84.